The molecular formula is C30H24Br2ClNO6. The zero-order chi connectivity index (χ0) is 28.8. The van der Waals surface area contributed by atoms with Crippen molar-refractivity contribution in [2.45, 2.75) is 13.0 Å². The van der Waals surface area contributed by atoms with Crippen LogP contribution in [0.25, 0.3) is 0 Å². The van der Waals surface area contributed by atoms with E-state index < -0.39 is 12.1 Å². The lowest BCUT2D eigenvalue weighted by molar-refractivity contribution is -0.141. The van der Waals surface area contributed by atoms with E-state index in [0.29, 0.717) is 42.3 Å². The van der Waals surface area contributed by atoms with E-state index in [1.807, 2.05) is 0 Å². The summed E-state index contributed by atoms with van der Waals surface area (Å²) in [6.45, 7) is 1.60. The second kappa shape index (κ2) is 13.3. The van der Waals surface area contributed by atoms with Gasteiger partial charge in [-0.05, 0) is 98.9 Å². The molecule has 0 spiro atoms. The van der Waals surface area contributed by atoms with E-state index >= 15 is 0 Å². The Morgan fingerprint density at radius 2 is 1.65 bits per heavy atom. The second-order valence-electron chi connectivity index (χ2n) is 8.58. The third-order valence-electron chi connectivity index (χ3n) is 5.83. The number of anilines is 1. The molecule has 7 nitrogen and oxygen atoms in total. The maximum Gasteiger partial charge on any atom is 0.326 e. The number of rotatable bonds is 9. The highest BCUT2D eigenvalue weighted by molar-refractivity contribution is 9.11. The van der Waals surface area contributed by atoms with Crippen LogP contribution in [0.3, 0.4) is 0 Å². The van der Waals surface area contributed by atoms with Gasteiger partial charge in [-0.15, -0.1) is 0 Å². The number of carbonyl (C=O) groups is 2. The molecular weight excluding hydrogens is 666 g/mol. The molecule has 0 radical (unpaired) electrons. The first kappa shape index (κ1) is 29.6. The van der Waals surface area contributed by atoms with Crippen molar-refractivity contribution < 1.29 is 29.3 Å². The van der Waals surface area contributed by atoms with Gasteiger partial charge in [0.1, 0.15) is 24.1 Å². The molecule has 40 heavy (non-hydrogen) atoms. The van der Waals surface area contributed by atoms with Crippen LogP contribution < -0.4 is 9.64 Å². The zero-order valence-corrected chi connectivity index (χ0v) is 25.1. The van der Waals surface area contributed by atoms with E-state index in [1.165, 1.54) is 17.0 Å². The highest BCUT2D eigenvalue weighted by Crippen LogP contribution is 2.42. The smallest absolute Gasteiger partial charge is 0.326 e. The molecule has 0 aliphatic heterocycles. The number of aliphatic hydroxyl groups excluding tert-OH is 1. The molecule has 1 atom stereocenters. The molecule has 0 fully saturated rings. The first-order valence-corrected chi connectivity index (χ1v) is 14.1. The number of hydrogen-bond acceptors (Lipinski definition) is 6. The van der Waals surface area contributed by atoms with Gasteiger partial charge in [0.25, 0.3) is 5.91 Å². The largest absolute Gasteiger partial charge is 0.508 e. The third kappa shape index (κ3) is 7.03. The Morgan fingerprint density at radius 3 is 2.30 bits per heavy atom. The molecule has 206 valence electrons. The molecule has 0 aromatic heterocycles. The lowest BCUT2D eigenvalue weighted by Gasteiger charge is -2.23. The average Bonchev–Trinajstić information content (AvgIpc) is 2.94. The van der Waals surface area contributed by atoms with Gasteiger partial charge >= 0.3 is 5.97 Å². The second-order valence-corrected chi connectivity index (χ2v) is 10.7. The van der Waals surface area contributed by atoms with Crippen LogP contribution in [0.4, 0.5) is 5.69 Å². The number of amides is 1. The molecule has 4 rings (SSSR count). The maximum atomic E-state index is 13.4. The average molecular weight is 690 g/mol. The Kier molecular flexibility index (Phi) is 9.86. The molecule has 0 saturated carbocycles. The number of phenols is 1. The minimum absolute atomic E-state index is 0.109. The fourth-order valence-corrected chi connectivity index (χ4v) is 5.46. The summed E-state index contributed by atoms with van der Waals surface area (Å²) in [5.74, 6) is -0.316. The Balaban J connectivity index is 1.65. The lowest BCUT2D eigenvalue weighted by atomic mass is 10.0. The van der Waals surface area contributed by atoms with Gasteiger partial charge < -0.3 is 19.7 Å². The SMILES string of the molecule is CCOC(=O)CN(C(=O)c1ccccc1)c1cc(Br)c(Oc2ccc(O)c(C(O)c3cccc(Cl)c3)c2)c(Br)c1. The summed E-state index contributed by atoms with van der Waals surface area (Å²) in [4.78, 5) is 27.0. The Morgan fingerprint density at radius 1 is 0.950 bits per heavy atom. The molecule has 2 N–H and O–H groups in total. The van der Waals surface area contributed by atoms with Gasteiger partial charge in [-0.25, -0.2) is 0 Å². The molecule has 0 aliphatic carbocycles. The number of phenolic OH excluding ortho intramolecular Hbond substituents is 1. The van der Waals surface area contributed by atoms with Crippen molar-refractivity contribution in [3.8, 4) is 17.2 Å². The van der Waals surface area contributed by atoms with Crippen molar-refractivity contribution in [3.63, 3.8) is 0 Å². The number of carbonyl (C=O) groups excluding carboxylic acids is 2. The van der Waals surface area contributed by atoms with Crippen molar-refractivity contribution in [1.29, 1.82) is 0 Å². The molecule has 1 unspecified atom stereocenters. The van der Waals surface area contributed by atoms with Crippen molar-refractivity contribution in [3.05, 3.63) is 116 Å². The molecule has 0 bridgehead atoms. The number of benzene rings is 4. The Labute approximate surface area is 253 Å². The standard InChI is InChI=1S/C30H24Br2ClNO6/c1-2-39-27(36)17-34(30(38)18-7-4-3-5-8-18)21-14-24(31)29(25(32)15-21)40-22-11-12-26(35)23(16-22)28(37)19-9-6-10-20(33)13-19/h3-16,28,35,37H,2,17H2,1H3. The topological polar surface area (TPSA) is 96.3 Å². The van der Waals surface area contributed by atoms with Crippen molar-refractivity contribution in [1.82, 2.24) is 0 Å². The number of aromatic hydroxyl groups is 1. The Hall–Kier alpha value is -3.37. The van der Waals surface area contributed by atoms with Crippen LogP contribution >= 0.6 is 43.5 Å². The summed E-state index contributed by atoms with van der Waals surface area (Å²) in [7, 11) is 0. The van der Waals surface area contributed by atoms with Crippen LogP contribution in [0.15, 0.2) is 93.9 Å². The van der Waals surface area contributed by atoms with Gasteiger partial charge in [0.2, 0.25) is 0 Å². The normalized spacial score (nSPS) is 11.5. The number of halogens is 3. The van der Waals surface area contributed by atoms with Gasteiger partial charge in [-0.2, -0.15) is 0 Å². The van der Waals surface area contributed by atoms with Crippen molar-refractivity contribution >= 4 is 61.0 Å². The molecule has 0 heterocycles. The van der Waals surface area contributed by atoms with E-state index in [9.17, 15) is 19.8 Å². The van der Waals surface area contributed by atoms with Crippen LogP contribution in [-0.2, 0) is 9.53 Å². The van der Waals surface area contributed by atoms with E-state index in [0.717, 1.165) is 0 Å². The summed E-state index contributed by atoms with van der Waals surface area (Å²) < 4.78 is 12.2. The number of aliphatic hydroxyl groups is 1. The number of esters is 1. The fraction of sp³-hybridized carbons (Fsp3) is 0.133. The minimum Gasteiger partial charge on any atom is -0.508 e. The fourth-order valence-electron chi connectivity index (χ4n) is 3.94. The summed E-state index contributed by atoms with van der Waals surface area (Å²) in [6.07, 6.45) is -1.14. The van der Waals surface area contributed by atoms with Gasteiger partial charge in [0, 0.05) is 21.8 Å². The Bertz CT molecular complexity index is 1510. The number of nitrogens with zero attached hydrogens (tertiary/aromatic N) is 1. The van der Waals surface area contributed by atoms with Gasteiger partial charge in [0.05, 0.1) is 15.6 Å². The first-order valence-electron chi connectivity index (χ1n) is 12.1. The molecule has 0 saturated heterocycles. The van der Waals surface area contributed by atoms with E-state index in [-0.39, 0.29) is 30.4 Å². The third-order valence-corrected chi connectivity index (χ3v) is 7.24. The monoisotopic (exact) mass is 687 g/mol. The van der Waals surface area contributed by atoms with E-state index in [4.69, 9.17) is 21.1 Å². The predicted molar refractivity (Wildman–Crippen MR) is 160 cm³/mol. The van der Waals surface area contributed by atoms with Crippen molar-refractivity contribution in [2.24, 2.45) is 0 Å². The highest BCUT2D eigenvalue weighted by Gasteiger charge is 2.24. The van der Waals surface area contributed by atoms with Crippen LogP contribution in [0.5, 0.6) is 17.2 Å². The first-order chi connectivity index (χ1) is 19.2. The van der Waals surface area contributed by atoms with E-state index in [2.05, 4.69) is 31.9 Å². The van der Waals surface area contributed by atoms with Crippen LogP contribution in [0.1, 0.15) is 34.5 Å². The minimum atomic E-state index is -1.14. The quantitative estimate of drug-likeness (QED) is 0.175. The predicted octanol–water partition coefficient (Wildman–Crippen LogP) is 7.65. The zero-order valence-electron chi connectivity index (χ0n) is 21.2. The maximum absolute atomic E-state index is 13.4. The lowest BCUT2D eigenvalue weighted by Crippen LogP contribution is -2.36. The van der Waals surface area contributed by atoms with Gasteiger partial charge in [0.15, 0.2) is 5.75 Å². The molecule has 10 heteroatoms. The molecule has 0 aliphatic rings. The summed E-state index contributed by atoms with van der Waals surface area (Å²) >= 11 is 13.1. The van der Waals surface area contributed by atoms with Gasteiger partial charge in [-0.1, -0.05) is 41.9 Å². The number of hydrogen-bond donors (Lipinski definition) is 2. The van der Waals surface area contributed by atoms with Crippen LogP contribution in [-0.4, -0.2) is 35.2 Å². The molecule has 4 aromatic rings. The van der Waals surface area contributed by atoms with Crippen molar-refractivity contribution in [2.75, 3.05) is 18.1 Å². The van der Waals surface area contributed by atoms with E-state index in [1.54, 1.807) is 79.7 Å². The molecule has 1 amide bonds. The molecule has 4 aromatic carbocycles. The van der Waals surface area contributed by atoms with Gasteiger partial charge in [-0.3, -0.25) is 14.5 Å². The summed E-state index contributed by atoms with van der Waals surface area (Å²) in [5, 5.41) is 21.8. The summed E-state index contributed by atoms with van der Waals surface area (Å²) in [6, 6.07) is 23.2. The van der Waals surface area contributed by atoms with Crippen LogP contribution in [0, 0.1) is 0 Å². The van der Waals surface area contributed by atoms with Crippen LogP contribution in [0.2, 0.25) is 5.02 Å². The summed E-state index contributed by atoms with van der Waals surface area (Å²) in [5.41, 5.74) is 1.58. The highest BCUT2D eigenvalue weighted by atomic mass is 79.9. The number of ether oxygens (including phenoxy) is 2.